The third kappa shape index (κ3) is 2.11. The molecule has 3 rings (SSSR count). The first kappa shape index (κ1) is 12.5. The Bertz CT molecular complexity index is 465. The Hall–Kier alpha value is -1.53. The van der Waals surface area contributed by atoms with Crippen molar-refractivity contribution in [3.8, 4) is 0 Å². The van der Waals surface area contributed by atoms with Crippen molar-refractivity contribution in [2.45, 2.75) is 24.6 Å². The molecule has 1 saturated carbocycles. The van der Waals surface area contributed by atoms with Crippen molar-refractivity contribution in [3.05, 3.63) is 24.0 Å². The molecule has 19 heavy (non-hydrogen) atoms. The summed E-state index contributed by atoms with van der Waals surface area (Å²) in [6.07, 6.45) is 4.30. The summed E-state index contributed by atoms with van der Waals surface area (Å²) in [6, 6.07) is 2.09. The van der Waals surface area contributed by atoms with E-state index < -0.39 is 0 Å². The molecule has 2 heterocycles. The molecule has 6 heteroatoms. The van der Waals surface area contributed by atoms with Gasteiger partial charge in [-0.2, -0.15) is 10.2 Å². The van der Waals surface area contributed by atoms with Crippen molar-refractivity contribution in [1.82, 2.24) is 20.4 Å². The molecule has 1 aromatic heterocycles. The van der Waals surface area contributed by atoms with E-state index in [1.54, 1.807) is 6.07 Å². The number of hydrogen-bond acceptors (Lipinski definition) is 5. The zero-order valence-corrected chi connectivity index (χ0v) is 11.1. The average Bonchev–Trinajstić information content (AvgIpc) is 2.80. The Labute approximate surface area is 112 Å². The molecule has 2 fully saturated rings. The number of aromatic nitrogens is 2. The predicted octanol–water partition coefficient (Wildman–Crippen LogP) is -0.0761. The standard InChI is InChI=1S/C13H18N4O2/c1-17(2)11-10(9-4-6-19-12(9)11)16-13(18)8-3-5-14-15-7-8/h3,5,7,9-12H,4,6H2,1-2H3,(H,16,18)/t9-,10+,11-,12-/m0/s1. The van der Waals surface area contributed by atoms with Crippen molar-refractivity contribution < 1.29 is 9.53 Å². The number of ether oxygens (including phenoxy) is 1. The molecule has 0 aromatic carbocycles. The normalized spacial score (nSPS) is 32.8. The number of carbonyl (C=O) groups excluding carboxylic acids is 1. The highest BCUT2D eigenvalue weighted by Crippen LogP contribution is 2.41. The Morgan fingerprint density at radius 1 is 1.47 bits per heavy atom. The lowest BCUT2D eigenvalue weighted by atomic mass is 9.71. The molecular formula is C13H18N4O2. The SMILES string of the molecule is CN(C)[C@H]1[C@H](NC(=O)c2ccnnc2)[C@@H]2CCO[C@@H]21. The molecule has 4 atom stereocenters. The van der Waals surface area contributed by atoms with Crippen LogP contribution in [0.1, 0.15) is 16.8 Å². The van der Waals surface area contributed by atoms with E-state index in [-0.39, 0.29) is 24.1 Å². The van der Waals surface area contributed by atoms with Crippen molar-refractivity contribution in [3.63, 3.8) is 0 Å². The second-order valence-electron chi connectivity index (χ2n) is 5.37. The van der Waals surface area contributed by atoms with Crippen molar-refractivity contribution in [2.75, 3.05) is 20.7 Å². The maximum absolute atomic E-state index is 12.2. The molecular weight excluding hydrogens is 244 g/mol. The highest BCUT2D eigenvalue weighted by atomic mass is 16.5. The molecule has 1 aliphatic carbocycles. The number of nitrogens with one attached hydrogen (secondary N) is 1. The van der Waals surface area contributed by atoms with Gasteiger partial charge in [0.25, 0.3) is 5.91 Å². The first-order valence-corrected chi connectivity index (χ1v) is 6.54. The molecule has 0 unspecified atom stereocenters. The molecule has 102 valence electrons. The quantitative estimate of drug-likeness (QED) is 0.825. The molecule has 0 spiro atoms. The van der Waals surface area contributed by atoms with Crippen LogP contribution < -0.4 is 5.32 Å². The van der Waals surface area contributed by atoms with Crippen LogP contribution in [0, 0.1) is 5.92 Å². The minimum absolute atomic E-state index is 0.0860. The molecule has 6 nitrogen and oxygen atoms in total. The van der Waals surface area contributed by atoms with E-state index in [1.165, 1.54) is 12.4 Å². The van der Waals surface area contributed by atoms with Crippen LogP contribution in [0.2, 0.25) is 0 Å². The van der Waals surface area contributed by atoms with E-state index in [4.69, 9.17) is 4.74 Å². The van der Waals surface area contributed by atoms with E-state index in [1.807, 2.05) is 14.1 Å². The van der Waals surface area contributed by atoms with Crippen LogP contribution >= 0.6 is 0 Å². The van der Waals surface area contributed by atoms with Crippen LogP contribution in [0.4, 0.5) is 0 Å². The first-order valence-electron chi connectivity index (χ1n) is 6.54. The molecule has 1 saturated heterocycles. The summed E-state index contributed by atoms with van der Waals surface area (Å²) in [5.74, 6) is 0.350. The highest BCUT2D eigenvalue weighted by Gasteiger charge is 2.55. The number of rotatable bonds is 3. The number of amides is 1. The third-order valence-corrected chi connectivity index (χ3v) is 4.09. The Balaban J connectivity index is 1.70. The minimum atomic E-state index is -0.0860. The van der Waals surface area contributed by atoms with Gasteiger partial charge in [-0.1, -0.05) is 0 Å². The lowest BCUT2D eigenvalue weighted by Gasteiger charge is -2.50. The minimum Gasteiger partial charge on any atom is -0.376 e. The monoisotopic (exact) mass is 262 g/mol. The summed E-state index contributed by atoms with van der Waals surface area (Å²) in [7, 11) is 4.05. The van der Waals surface area contributed by atoms with Gasteiger partial charge in [0.1, 0.15) is 0 Å². The topological polar surface area (TPSA) is 67.4 Å². The van der Waals surface area contributed by atoms with Crippen LogP contribution in [0.15, 0.2) is 18.5 Å². The maximum Gasteiger partial charge on any atom is 0.253 e. The largest absolute Gasteiger partial charge is 0.376 e. The second-order valence-corrected chi connectivity index (χ2v) is 5.37. The lowest BCUT2D eigenvalue weighted by Crippen LogP contribution is -2.69. The van der Waals surface area contributed by atoms with E-state index in [0.717, 1.165) is 13.0 Å². The lowest BCUT2D eigenvalue weighted by molar-refractivity contribution is -0.0664. The predicted molar refractivity (Wildman–Crippen MR) is 68.6 cm³/mol. The smallest absolute Gasteiger partial charge is 0.253 e. The number of hydrogen-bond donors (Lipinski definition) is 1. The summed E-state index contributed by atoms with van der Waals surface area (Å²) < 4.78 is 5.73. The van der Waals surface area contributed by atoms with Crippen LogP contribution in [0.3, 0.4) is 0 Å². The molecule has 1 amide bonds. The van der Waals surface area contributed by atoms with Gasteiger partial charge in [-0.15, -0.1) is 0 Å². The van der Waals surface area contributed by atoms with Gasteiger partial charge in [0.15, 0.2) is 0 Å². The Kier molecular flexibility index (Phi) is 3.20. The fourth-order valence-corrected chi connectivity index (χ4v) is 3.14. The van der Waals surface area contributed by atoms with Crippen molar-refractivity contribution in [1.29, 1.82) is 0 Å². The van der Waals surface area contributed by atoms with Crippen LogP contribution in [-0.2, 0) is 4.74 Å². The molecule has 1 aliphatic heterocycles. The van der Waals surface area contributed by atoms with Gasteiger partial charge in [0.2, 0.25) is 0 Å². The van der Waals surface area contributed by atoms with E-state index in [0.29, 0.717) is 11.5 Å². The average molecular weight is 262 g/mol. The number of likely N-dealkylation sites (N-methyl/N-ethyl adjacent to an activating group) is 1. The molecule has 1 N–H and O–H groups in total. The second kappa shape index (κ2) is 4.86. The molecule has 0 bridgehead atoms. The summed E-state index contributed by atoms with van der Waals surface area (Å²) in [5.41, 5.74) is 0.551. The Morgan fingerprint density at radius 2 is 2.32 bits per heavy atom. The van der Waals surface area contributed by atoms with Crippen LogP contribution in [0.5, 0.6) is 0 Å². The number of nitrogens with zero attached hydrogens (tertiary/aromatic N) is 3. The van der Waals surface area contributed by atoms with Gasteiger partial charge in [-0.3, -0.25) is 4.79 Å². The third-order valence-electron chi connectivity index (χ3n) is 4.09. The zero-order chi connectivity index (χ0) is 13.4. The van der Waals surface area contributed by atoms with Crippen molar-refractivity contribution >= 4 is 5.91 Å². The summed E-state index contributed by atoms with van der Waals surface area (Å²) in [6.45, 7) is 0.795. The Morgan fingerprint density at radius 3 is 3.00 bits per heavy atom. The highest BCUT2D eigenvalue weighted by molar-refractivity contribution is 5.94. The fourth-order valence-electron chi connectivity index (χ4n) is 3.14. The van der Waals surface area contributed by atoms with Crippen LogP contribution in [-0.4, -0.2) is 59.9 Å². The van der Waals surface area contributed by atoms with Gasteiger partial charge in [0, 0.05) is 12.5 Å². The summed E-state index contributed by atoms with van der Waals surface area (Å²) in [5, 5.41) is 10.5. The van der Waals surface area contributed by atoms with Gasteiger partial charge in [-0.05, 0) is 26.6 Å². The molecule has 2 aliphatic rings. The van der Waals surface area contributed by atoms with E-state index in [2.05, 4.69) is 20.4 Å². The first-order chi connectivity index (χ1) is 9.18. The van der Waals surface area contributed by atoms with Gasteiger partial charge < -0.3 is 15.0 Å². The van der Waals surface area contributed by atoms with Gasteiger partial charge in [-0.25, -0.2) is 0 Å². The summed E-state index contributed by atoms with van der Waals surface area (Å²) >= 11 is 0. The summed E-state index contributed by atoms with van der Waals surface area (Å²) in [4.78, 5) is 14.3. The van der Waals surface area contributed by atoms with Crippen LogP contribution in [0.25, 0.3) is 0 Å². The fraction of sp³-hybridized carbons (Fsp3) is 0.615. The van der Waals surface area contributed by atoms with Gasteiger partial charge >= 0.3 is 0 Å². The number of carbonyl (C=O) groups is 1. The van der Waals surface area contributed by atoms with E-state index >= 15 is 0 Å². The maximum atomic E-state index is 12.2. The molecule has 0 radical (unpaired) electrons. The van der Waals surface area contributed by atoms with E-state index in [9.17, 15) is 4.79 Å². The number of fused-ring (bicyclic) bond motifs is 1. The molecule has 1 aromatic rings. The van der Waals surface area contributed by atoms with Gasteiger partial charge in [0.05, 0.1) is 36.1 Å². The van der Waals surface area contributed by atoms with Crippen molar-refractivity contribution in [2.24, 2.45) is 5.92 Å². The zero-order valence-electron chi connectivity index (χ0n) is 11.1.